The molecule has 0 unspecified atom stereocenters. The molecule has 0 aliphatic rings. The van der Waals surface area contributed by atoms with Crippen LogP contribution >= 0.6 is 15.9 Å². The van der Waals surface area contributed by atoms with Crippen LogP contribution in [0.4, 0.5) is 11.6 Å². The van der Waals surface area contributed by atoms with Crippen molar-refractivity contribution in [2.24, 2.45) is 0 Å². The van der Waals surface area contributed by atoms with Gasteiger partial charge in [0.1, 0.15) is 22.5 Å². The number of ether oxygens (including phenoxy) is 1. The Balaban J connectivity index is 1.38. The number of fused-ring (bicyclic) bond motifs is 2. The van der Waals surface area contributed by atoms with E-state index in [9.17, 15) is 0 Å². The van der Waals surface area contributed by atoms with Gasteiger partial charge in [0.15, 0.2) is 0 Å². The molecule has 0 bridgehead atoms. The highest BCUT2D eigenvalue weighted by Crippen LogP contribution is 2.27. The SMILES string of the molecule is Brc1ccc2[nH]cc(Nc3nc4ccc(OCc5ccccc5)cc4[nH]3)c2n1. The molecule has 6 nitrogen and oxygen atoms in total. The Morgan fingerprint density at radius 2 is 1.86 bits per heavy atom. The highest BCUT2D eigenvalue weighted by atomic mass is 79.9. The van der Waals surface area contributed by atoms with Crippen LogP contribution in [0.2, 0.25) is 0 Å². The molecule has 3 heterocycles. The molecule has 5 aromatic rings. The molecule has 0 atom stereocenters. The van der Waals surface area contributed by atoms with Gasteiger partial charge >= 0.3 is 0 Å². The van der Waals surface area contributed by atoms with Crippen molar-refractivity contribution in [2.45, 2.75) is 6.61 Å². The Bertz CT molecular complexity index is 1260. The quantitative estimate of drug-likeness (QED) is 0.318. The second-order valence-electron chi connectivity index (χ2n) is 6.40. The van der Waals surface area contributed by atoms with Gasteiger partial charge in [0.25, 0.3) is 0 Å². The summed E-state index contributed by atoms with van der Waals surface area (Å²) in [5, 5.41) is 3.30. The number of benzene rings is 2. The maximum absolute atomic E-state index is 5.90. The van der Waals surface area contributed by atoms with E-state index in [4.69, 9.17) is 4.74 Å². The van der Waals surface area contributed by atoms with Gasteiger partial charge in [0, 0.05) is 12.3 Å². The Labute approximate surface area is 169 Å². The van der Waals surface area contributed by atoms with Crippen LogP contribution in [0.3, 0.4) is 0 Å². The fourth-order valence-electron chi connectivity index (χ4n) is 3.08. The molecule has 0 aliphatic heterocycles. The van der Waals surface area contributed by atoms with Crippen LogP contribution in [0.1, 0.15) is 5.56 Å². The fourth-order valence-corrected chi connectivity index (χ4v) is 3.39. The molecule has 5 rings (SSSR count). The van der Waals surface area contributed by atoms with Crippen LogP contribution in [0.5, 0.6) is 5.75 Å². The molecule has 0 spiro atoms. The zero-order valence-corrected chi connectivity index (χ0v) is 16.3. The number of aromatic amines is 2. The van der Waals surface area contributed by atoms with Crippen molar-refractivity contribution in [3.63, 3.8) is 0 Å². The molecule has 138 valence electrons. The molecule has 0 fully saturated rings. The zero-order valence-electron chi connectivity index (χ0n) is 14.7. The minimum Gasteiger partial charge on any atom is -0.489 e. The Hall–Kier alpha value is -3.32. The third-order valence-electron chi connectivity index (χ3n) is 4.44. The van der Waals surface area contributed by atoms with Crippen molar-refractivity contribution in [3.8, 4) is 5.75 Å². The normalized spacial score (nSPS) is 11.2. The van der Waals surface area contributed by atoms with Crippen molar-refractivity contribution < 1.29 is 4.74 Å². The number of aromatic nitrogens is 4. The lowest BCUT2D eigenvalue weighted by molar-refractivity contribution is 0.306. The average Bonchev–Trinajstić information content (AvgIpc) is 3.30. The Morgan fingerprint density at radius 1 is 0.964 bits per heavy atom. The average molecular weight is 434 g/mol. The van der Waals surface area contributed by atoms with Crippen molar-refractivity contribution in [1.82, 2.24) is 19.9 Å². The number of halogens is 1. The van der Waals surface area contributed by atoms with E-state index in [1.165, 1.54) is 0 Å². The van der Waals surface area contributed by atoms with E-state index in [-0.39, 0.29) is 0 Å². The van der Waals surface area contributed by atoms with Gasteiger partial charge in [-0.05, 0) is 45.8 Å². The molecule has 7 heteroatoms. The lowest BCUT2D eigenvalue weighted by atomic mass is 10.2. The molecular weight excluding hydrogens is 418 g/mol. The molecule has 0 saturated carbocycles. The summed E-state index contributed by atoms with van der Waals surface area (Å²) >= 11 is 3.41. The predicted octanol–water partition coefficient (Wildman–Crippen LogP) is 5.52. The molecular formula is C21H16BrN5O. The summed E-state index contributed by atoms with van der Waals surface area (Å²) in [6, 6.07) is 19.8. The predicted molar refractivity (Wildman–Crippen MR) is 114 cm³/mol. The smallest absolute Gasteiger partial charge is 0.205 e. The monoisotopic (exact) mass is 433 g/mol. The second kappa shape index (κ2) is 7.01. The standard InChI is InChI=1S/C21H16BrN5O/c22-19-9-8-16-20(27-19)18(11-23-16)26-21-24-15-7-6-14(10-17(15)25-21)28-12-13-4-2-1-3-5-13/h1-11,23H,12H2,(H2,24,25,26). The van der Waals surface area contributed by atoms with E-state index >= 15 is 0 Å². The number of H-pyrrole nitrogens is 2. The number of pyridine rings is 1. The van der Waals surface area contributed by atoms with Gasteiger partial charge in [-0.15, -0.1) is 0 Å². The van der Waals surface area contributed by atoms with E-state index in [1.54, 1.807) is 0 Å². The molecule has 28 heavy (non-hydrogen) atoms. The number of hydrogen-bond acceptors (Lipinski definition) is 4. The first-order valence-corrected chi connectivity index (χ1v) is 9.61. The van der Waals surface area contributed by atoms with Gasteiger partial charge in [-0.3, -0.25) is 0 Å². The first-order valence-electron chi connectivity index (χ1n) is 8.82. The first kappa shape index (κ1) is 16.8. The third-order valence-corrected chi connectivity index (χ3v) is 4.88. The molecule has 0 radical (unpaired) electrons. The van der Waals surface area contributed by atoms with Gasteiger partial charge in [-0.25, -0.2) is 9.97 Å². The minimum absolute atomic E-state index is 0.529. The maximum Gasteiger partial charge on any atom is 0.205 e. The summed E-state index contributed by atoms with van der Waals surface area (Å²) < 4.78 is 6.68. The van der Waals surface area contributed by atoms with Gasteiger partial charge in [0.2, 0.25) is 5.95 Å². The molecule has 0 amide bonds. The molecule has 0 saturated heterocycles. The van der Waals surface area contributed by atoms with Crippen LogP contribution in [-0.2, 0) is 6.61 Å². The minimum atomic E-state index is 0.529. The lowest BCUT2D eigenvalue weighted by Gasteiger charge is -2.05. The number of nitrogens with one attached hydrogen (secondary N) is 3. The Morgan fingerprint density at radius 3 is 2.75 bits per heavy atom. The van der Waals surface area contributed by atoms with Gasteiger partial charge < -0.3 is 20.0 Å². The van der Waals surface area contributed by atoms with E-state index in [0.29, 0.717) is 12.6 Å². The summed E-state index contributed by atoms with van der Waals surface area (Å²) in [7, 11) is 0. The van der Waals surface area contributed by atoms with Crippen molar-refractivity contribution in [2.75, 3.05) is 5.32 Å². The summed E-state index contributed by atoms with van der Waals surface area (Å²) in [5.41, 5.74) is 5.56. The largest absolute Gasteiger partial charge is 0.489 e. The Kier molecular flexibility index (Phi) is 4.21. The number of rotatable bonds is 5. The van der Waals surface area contributed by atoms with Crippen LogP contribution in [-0.4, -0.2) is 19.9 Å². The summed E-state index contributed by atoms with van der Waals surface area (Å²) in [6.45, 7) is 0.529. The molecule has 3 aromatic heterocycles. The number of imidazole rings is 1. The van der Waals surface area contributed by atoms with Gasteiger partial charge in [-0.1, -0.05) is 30.3 Å². The van der Waals surface area contributed by atoms with E-state index < -0.39 is 0 Å². The highest BCUT2D eigenvalue weighted by Gasteiger charge is 2.09. The molecule has 3 N–H and O–H groups in total. The zero-order chi connectivity index (χ0) is 18.9. The van der Waals surface area contributed by atoms with Crippen molar-refractivity contribution in [3.05, 3.63) is 77.0 Å². The van der Waals surface area contributed by atoms with Crippen molar-refractivity contribution in [1.29, 1.82) is 0 Å². The fraction of sp³-hybridized carbons (Fsp3) is 0.0476. The van der Waals surface area contributed by atoms with Crippen LogP contribution in [0.15, 0.2) is 71.5 Å². The van der Waals surface area contributed by atoms with E-state index in [1.807, 2.05) is 66.9 Å². The lowest BCUT2D eigenvalue weighted by Crippen LogP contribution is -1.94. The first-order chi connectivity index (χ1) is 13.7. The summed E-state index contributed by atoms with van der Waals surface area (Å²) in [6.07, 6.45) is 1.88. The number of anilines is 2. The van der Waals surface area contributed by atoms with E-state index in [2.05, 4.69) is 41.2 Å². The third kappa shape index (κ3) is 3.32. The molecule has 2 aromatic carbocycles. The van der Waals surface area contributed by atoms with Gasteiger partial charge in [0.05, 0.1) is 22.2 Å². The molecule has 0 aliphatic carbocycles. The van der Waals surface area contributed by atoms with Gasteiger partial charge in [-0.2, -0.15) is 0 Å². The van der Waals surface area contributed by atoms with Crippen LogP contribution < -0.4 is 10.1 Å². The summed E-state index contributed by atoms with van der Waals surface area (Å²) in [4.78, 5) is 15.6. The van der Waals surface area contributed by atoms with Crippen LogP contribution in [0, 0.1) is 0 Å². The number of nitrogens with zero attached hydrogens (tertiary/aromatic N) is 2. The maximum atomic E-state index is 5.90. The number of hydrogen-bond donors (Lipinski definition) is 3. The summed E-state index contributed by atoms with van der Waals surface area (Å²) in [5.74, 6) is 1.45. The second-order valence-corrected chi connectivity index (χ2v) is 7.21. The topological polar surface area (TPSA) is 78.6 Å². The van der Waals surface area contributed by atoms with Crippen molar-refractivity contribution >= 4 is 49.6 Å². The highest BCUT2D eigenvalue weighted by molar-refractivity contribution is 9.10. The van der Waals surface area contributed by atoms with Crippen LogP contribution in [0.25, 0.3) is 22.1 Å². The van der Waals surface area contributed by atoms with E-state index in [0.717, 1.165) is 43.7 Å².